The third-order valence-electron chi connectivity index (χ3n) is 9.30. The summed E-state index contributed by atoms with van der Waals surface area (Å²) in [6, 6.07) is 44.0. The monoisotopic (exact) mass is 586 g/mol. The zero-order valence-electron chi connectivity index (χ0n) is 28.6. The van der Waals surface area contributed by atoms with Gasteiger partial charge in [-0.3, -0.25) is 4.57 Å². The van der Waals surface area contributed by atoms with Gasteiger partial charge < -0.3 is 0 Å². The van der Waals surface area contributed by atoms with Crippen LogP contribution < -0.4 is 4.57 Å². The number of fused-ring (bicyclic) bond motifs is 4. The molecule has 3 heterocycles. The number of hydrogen-bond acceptors (Lipinski definition) is 1. The van der Waals surface area contributed by atoms with Crippen LogP contribution in [0.15, 0.2) is 140 Å². The number of rotatable bonds is 5. The van der Waals surface area contributed by atoms with Crippen molar-refractivity contribution in [2.75, 3.05) is 0 Å². The van der Waals surface area contributed by atoms with Crippen LogP contribution in [0.3, 0.4) is 0 Å². The average molecular weight is 587 g/mol. The van der Waals surface area contributed by atoms with Crippen LogP contribution in [0.1, 0.15) is 34.7 Å². The smallest absolute Gasteiger partial charge is 0.249 e. The van der Waals surface area contributed by atoms with E-state index in [1.54, 1.807) is 6.33 Å². The molecule has 0 unspecified atom stereocenters. The Morgan fingerprint density at radius 2 is 1.44 bits per heavy atom. The van der Waals surface area contributed by atoms with Crippen LogP contribution in [0.4, 0.5) is 0 Å². The second-order valence-corrected chi connectivity index (χ2v) is 12.3. The van der Waals surface area contributed by atoms with E-state index in [0.29, 0.717) is 5.52 Å². The molecule has 4 nitrogen and oxygen atoms in total. The summed E-state index contributed by atoms with van der Waals surface area (Å²) in [5.74, 6) is 0.876. The quantitative estimate of drug-likeness (QED) is 0.185. The molecule has 0 aliphatic rings. The molecule has 4 heteroatoms. The molecule has 3 aromatic heterocycles. The molecule has 218 valence electrons. The Balaban J connectivity index is 1.27. The first-order valence-corrected chi connectivity index (χ1v) is 15.3. The maximum atomic E-state index is 8.11. The Kier molecular flexibility index (Phi) is 5.48. The summed E-state index contributed by atoms with van der Waals surface area (Å²) >= 11 is 0. The molecule has 0 bridgehead atoms. The van der Waals surface area contributed by atoms with E-state index < -0.39 is 6.98 Å². The summed E-state index contributed by atoms with van der Waals surface area (Å²) in [7, 11) is 0. The zero-order valence-corrected chi connectivity index (χ0v) is 25.6. The van der Waals surface area contributed by atoms with Crippen molar-refractivity contribution < 1.29 is 8.68 Å². The van der Waals surface area contributed by atoms with Gasteiger partial charge >= 0.3 is 0 Å². The molecule has 8 rings (SSSR count). The Morgan fingerprint density at radius 3 is 2.31 bits per heavy atom. The Labute approximate surface area is 267 Å². The first-order chi connectivity index (χ1) is 23.1. The van der Waals surface area contributed by atoms with Crippen molar-refractivity contribution >= 4 is 32.8 Å². The van der Waals surface area contributed by atoms with Gasteiger partial charge in [-0.25, -0.2) is 9.55 Å². The third-order valence-corrected chi connectivity index (χ3v) is 9.30. The first kappa shape index (κ1) is 23.9. The molecule has 45 heavy (non-hydrogen) atoms. The van der Waals surface area contributed by atoms with Gasteiger partial charge in [-0.2, -0.15) is 4.57 Å². The van der Waals surface area contributed by atoms with Gasteiger partial charge in [0.25, 0.3) is 0 Å². The SMILES string of the molecule is [2H]C([2H])([2H])[n+]1cn(-c2cccc(C(C)(C)c3ccc4c5ccccc5n(-c5cc(-c6ccccc6C)ccn5)c4c3)c2)c2ccccc21. The van der Waals surface area contributed by atoms with Gasteiger partial charge in [0, 0.05) is 22.4 Å². The molecular weight excluding hydrogens is 548 g/mol. The van der Waals surface area contributed by atoms with E-state index in [4.69, 9.17) is 9.10 Å². The minimum Gasteiger partial charge on any atom is -0.294 e. The molecule has 0 aliphatic heterocycles. The normalized spacial score (nSPS) is 13.3. The zero-order chi connectivity index (χ0) is 33.2. The number of aryl methyl sites for hydroxylation is 2. The van der Waals surface area contributed by atoms with E-state index in [1.165, 1.54) is 32.0 Å². The van der Waals surface area contributed by atoms with Crippen LogP contribution in [0.25, 0.3) is 55.5 Å². The molecule has 0 spiro atoms. The van der Waals surface area contributed by atoms with Crippen molar-refractivity contribution in [3.8, 4) is 22.6 Å². The molecule has 0 saturated heterocycles. The number of aromatic nitrogens is 4. The van der Waals surface area contributed by atoms with Gasteiger partial charge in [0.2, 0.25) is 6.33 Å². The van der Waals surface area contributed by atoms with Crippen LogP contribution in [0.5, 0.6) is 0 Å². The first-order valence-electron chi connectivity index (χ1n) is 16.8. The lowest BCUT2D eigenvalue weighted by Crippen LogP contribution is -2.25. The minimum absolute atomic E-state index is 0.370. The maximum Gasteiger partial charge on any atom is 0.249 e. The third kappa shape index (κ3) is 4.36. The molecule has 0 radical (unpaired) electrons. The van der Waals surface area contributed by atoms with Crippen molar-refractivity contribution in [2.45, 2.75) is 26.2 Å². The van der Waals surface area contributed by atoms with Crippen LogP contribution >= 0.6 is 0 Å². The number of hydrogen-bond donors (Lipinski definition) is 0. The van der Waals surface area contributed by atoms with Gasteiger partial charge in [-0.05, 0) is 83.3 Å². The minimum atomic E-state index is -2.29. The number of benzene rings is 5. The Hall–Kier alpha value is -5.48. The Morgan fingerprint density at radius 1 is 0.689 bits per heavy atom. The molecule has 8 aromatic rings. The fraction of sp³-hybridized carbons (Fsp3) is 0.122. The molecule has 0 fully saturated rings. The lowest BCUT2D eigenvalue weighted by atomic mass is 9.77. The van der Waals surface area contributed by atoms with E-state index in [0.717, 1.165) is 39.2 Å². The lowest BCUT2D eigenvalue weighted by Gasteiger charge is -2.26. The average Bonchev–Trinajstić information content (AvgIpc) is 3.65. The predicted octanol–water partition coefficient (Wildman–Crippen LogP) is 9.25. The molecule has 0 atom stereocenters. The van der Waals surface area contributed by atoms with Crippen molar-refractivity contribution in [2.24, 2.45) is 6.98 Å². The highest BCUT2D eigenvalue weighted by Crippen LogP contribution is 2.38. The molecule has 0 saturated carbocycles. The van der Waals surface area contributed by atoms with Crippen LogP contribution in [-0.4, -0.2) is 14.1 Å². The fourth-order valence-electron chi connectivity index (χ4n) is 6.74. The predicted molar refractivity (Wildman–Crippen MR) is 185 cm³/mol. The number of imidazole rings is 1. The van der Waals surface area contributed by atoms with Gasteiger partial charge in [0.15, 0.2) is 11.0 Å². The second kappa shape index (κ2) is 10.3. The highest BCUT2D eigenvalue weighted by molar-refractivity contribution is 6.09. The van der Waals surface area contributed by atoms with Gasteiger partial charge in [0.1, 0.15) is 11.5 Å². The summed E-state index contributed by atoms with van der Waals surface area (Å²) in [5, 5.41) is 2.36. The van der Waals surface area contributed by atoms with Crippen LogP contribution in [-0.2, 0) is 12.4 Å². The van der Waals surface area contributed by atoms with Crippen molar-refractivity contribution in [3.05, 3.63) is 157 Å². The molecule has 0 aliphatic carbocycles. The van der Waals surface area contributed by atoms with Gasteiger partial charge in [0.05, 0.1) is 22.1 Å². The summed E-state index contributed by atoms with van der Waals surface area (Å²) in [4.78, 5) is 4.89. The van der Waals surface area contributed by atoms with Crippen LogP contribution in [0.2, 0.25) is 0 Å². The second-order valence-electron chi connectivity index (χ2n) is 12.3. The maximum absolute atomic E-state index is 8.11. The fourth-order valence-corrected chi connectivity index (χ4v) is 6.74. The highest BCUT2D eigenvalue weighted by Gasteiger charge is 2.26. The summed E-state index contributed by atoms with van der Waals surface area (Å²) < 4.78 is 30.0. The van der Waals surface area contributed by atoms with Crippen molar-refractivity contribution in [1.82, 2.24) is 14.1 Å². The van der Waals surface area contributed by atoms with E-state index in [1.807, 2.05) is 41.1 Å². The summed E-state index contributed by atoms with van der Waals surface area (Å²) in [5.41, 5.74) is 10.1. The molecular formula is C41H35N4+. The molecule has 0 amide bonds. The van der Waals surface area contributed by atoms with Crippen molar-refractivity contribution in [1.29, 1.82) is 0 Å². The van der Waals surface area contributed by atoms with E-state index in [-0.39, 0.29) is 5.41 Å². The van der Waals surface area contributed by atoms with E-state index >= 15 is 0 Å². The molecule has 5 aromatic carbocycles. The van der Waals surface area contributed by atoms with Crippen molar-refractivity contribution in [3.63, 3.8) is 0 Å². The summed E-state index contributed by atoms with van der Waals surface area (Å²) in [6.07, 6.45) is 3.59. The number of para-hydroxylation sites is 3. The lowest BCUT2D eigenvalue weighted by molar-refractivity contribution is -0.645. The summed E-state index contributed by atoms with van der Waals surface area (Å²) in [6.45, 7) is 4.34. The number of nitrogens with zero attached hydrogens (tertiary/aromatic N) is 4. The standard InChI is InChI=1S/C41H35N4/c1-28-12-5-6-15-33(28)29-22-23-42-40(24-29)45-36-17-8-7-16-34(36)35-21-20-31(26-39(35)45)41(2,3)30-13-11-14-32(25-30)44-27-43(4)37-18-9-10-19-38(37)44/h5-27H,1-4H3/q+1/i4D3. The van der Waals surface area contributed by atoms with E-state index in [9.17, 15) is 0 Å². The van der Waals surface area contributed by atoms with Gasteiger partial charge in [-0.1, -0.05) is 92.7 Å². The van der Waals surface area contributed by atoms with E-state index in [2.05, 4.69) is 122 Å². The molecule has 0 N–H and O–H groups in total. The highest BCUT2D eigenvalue weighted by atomic mass is 15.1. The topological polar surface area (TPSA) is 26.6 Å². The Bertz CT molecular complexity index is 2500. The van der Waals surface area contributed by atoms with Gasteiger partial charge in [-0.15, -0.1) is 0 Å². The number of pyridine rings is 1. The largest absolute Gasteiger partial charge is 0.294 e. The van der Waals surface area contributed by atoms with Crippen LogP contribution in [0, 0.1) is 6.92 Å².